The first-order chi connectivity index (χ1) is 12.0. The molecule has 0 fully saturated rings. The first-order valence-corrected chi connectivity index (χ1v) is 9.89. The molecule has 2 N–H and O–H groups in total. The third-order valence-electron chi connectivity index (χ3n) is 3.94. The Hall–Kier alpha value is -2.34. The van der Waals surface area contributed by atoms with Crippen LogP contribution < -0.4 is 10.0 Å². The molecule has 0 aliphatic carbocycles. The third kappa shape index (κ3) is 5.06. The van der Waals surface area contributed by atoms with Crippen molar-refractivity contribution in [1.82, 2.24) is 5.32 Å². The molecule has 2 aromatic rings. The van der Waals surface area contributed by atoms with Crippen LogP contribution in [0.3, 0.4) is 0 Å². The summed E-state index contributed by atoms with van der Waals surface area (Å²) in [6, 6.07) is 13.2. The van der Waals surface area contributed by atoms with Gasteiger partial charge in [-0.2, -0.15) is 0 Å². The Bertz CT molecular complexity index is 818. The van der Waals surface area contributed by atoms with Crippen molar-refractivity contribution >= 4 is 21.6 Å². The second kappa shape index (κ2) is 8.67. The Morgan fingerprint density at radius 3 is 2.40 bits per heavy atom. The topological polar surface area (TPSA) is 75.3 Å². The Balaban J connectivity index is 2.17. The monoisotopic (exact) mass is 360 g/mol. The number of anilines is 1. The SMILES string of the molecule is CCCCCNC(=O)c1cccc(NS(=O)(=O)c2ccccc2)c1C. The van der Waals surface area contributed by atoms with Gasteiger partial charge >= 0.3 is 0 Å². The van der Waals surface area contributed by atoms with Crippen LogP contribution in [0.15, 0.2) is 53.4 Å². The molecule has 6 heteroatoms. The van der Waals surface area contributed by atoms with Crippen LogP contribution >= 0.6 is 0 Å². The first-order valence-electron chi connectivity index (χ1n) is 8.41. The average molecular weight is 360 g/mol. The van der Waals surface area contributed by atoms with E-state index < -0.39 is 10.0 Å². The average Bonchev–Trinajstić information content (AvgIpc) is 2.61. The van der Waals surface area contributed by atoms with E-state index in [-0.39, 0.29) is 10.8 Å². The number of hydrogen-bond acceptors (Lipinski definition) is 3. The van der Waals surface area contributed by atoms with Gasteiger partial charge in [0.2, 0.25) is 0 Å². The number of carbonyl (C=O) groups excluding carboxylic acids is 1. The van der Waals surface area contributed by atoms with Crippen LogP contribution in [0.4, 0.5) is 5.69 Å². The van der Waals surface area contributed by atoms with E-state index in [2.05, 4.69) is 17.0 Å². The molecule has 0 aliphatic heterocycles. The van der Waals surface area contributed by atoms with Crippen molar-refractivity contribution in [3.63, 3.8) is 0 Å². The molecule has 0 saturated heterocycles. The first kappa shape index (κ1) is 19.0. The molecule has 0 aromatic heterocycles. The standard InChI is InChI=1S/C19H24N2O3S/c1-3-4-8-14-20-19(22)17-12-9-13-18(15(17)2)21-25(23,24)16-10-6-5-7-11-16/h5-7,9-13,21H,3-4,8,14H2,1-2H3,(H,20,22). The van der Waals surface area contributed by atoms with Gasteiger partial charge in [0.25, 0.3) is 15.9 Å². The number of sulfonamides is 1. The summed E-state index contributed by atoms with van der Waals surface area (Å²) in [5.41, 5.74) is 1.49. The van der Waals surface area contributed by atoms with Crippen LogP contribution in [0.2, 0.25) is 0 Å². The Kier molecular flexibility index (Phi) is 6.58. The summed E-state index contributed by atoms with van der Waals surface area (Å²) in [7, 11) is -3.68. The van der Waals surface area contributed by atoms with Gasteiger partial charge in [0.05, 0.1) is 10.6 Å². The molecule has 0 aliphatic rings. The highest BCUT2D eigenvalue weighted by atomic mass is 32.2. The molecule has 0 radical (unpaired) electrons. The normalized spacial score (nSPS) is 11.1. The van der Waals surface area contributed by atoms with E-state index in [1.54, 1.807) is 43.3 Å². The summed E-state index contributed by atoms with van der Waals surface area (Å²) in [5, 5.41) is 2.88. The molecule has 5 nitrogen and oxygen atoms in total. The second-order valence-electron chi connectivity index (χ2n) is 5.86. The zero-order chi connectivity index (χ0) is 18.3. The predicted octanol–water partition coefficient (Wildman–Crippen LogP) is 3.72. The number of amides is 1. The molecule has 0 saturated carbocycles. The molecule has 25 heavy (non-hydrogen) atoms. The summed E-state index contributed by atoms with van der Waals surface area (Å²) >= 11 is 0. The highest BCUT2D eigenvalue weighted by Gasteiger charge is 2.17. The summed E-state index contributed by atoms with van der Waals surface area (Å²) in [6.45, 7) is 4.46. The number of rotatable bonds is 8. The van der Waals surface area contributed by atoms with Crippen LogP contribution in [0, 0.1) is 6.92 Å². The molecule has 0 spiro atoms. The molecule has 0 heterocycles. The van der Waals surface area contributed by atoms with Crippen LogP contribution in [0.1, 0.15) is 42.1 Å². The molecule has 0 unspecified atom stereocenters. The molecular formula is C19H24N2O3S. The van der Waals surface area contributed by atoms with E-state index >= 15 is 0 Å². The van der Waals surface area contributed by atoms with Gasteiger partial charge < -0.3 is 5.32 Å². The van der Waals surface area contributed by atoms with Crippen LogP contribution in [0.25, 0.3) is 0 Å². The molecule has 2 aromatic carbocycles. The zero-order valence-electron chi connectivity index (χ0n) is 14.6. The molecule has 134 valence electrons. The maximum Gasteiger partial charge on any atom is 0.261 e. The Labute approximate surface area is 149 Å². The minimum Gasteiger partial charge on any atom is -0.352 e. The van der Waals surface area contributed by atoms with E-state index in [0.29, 0.717) is 23.4 Å². The minimum absolute atomic E-state index is 0.184. The van der Waals surface area contributed by atoms with Gasteiger partial charge in [0.15, 0.2) is 0 Å². The molecule has 0 atom stereocenters. The van der Waals surface area contributed by atoms with E-state index in [1.165, 1.54) is 12.1 Å². The lowest BCUT2D eigenvalue weighted by atomic mass is 10.1. The number of hydrogen-bond donors (Lipinski definition) is 2. The van der Waals surface area contributed by atoms with Gasteiger partial charge in [0.1, 0.15) is 0 Å². The van der Waals surface area contributed by atoms with Crippen molar-refractivity contribution in [3.05, 3.63) is 59.7 Å². The largest absolute Gasteiger partial charge is 0.352 e. The van der Waals surface area contributed by atoms with E-state index in [1.807, 2.05) is 0 Å². The number of carbonyl (C=O) groups is 1. The van der Waals surface area contributed by atoms with Gasteiger partial charge in [-0.1, -0.05) is 44.0 Å². The molecule has 1 amide bonds. The fraction of sp³-hybridized carbons (Fsp3) is 0.316. The third-order valence-corrected chi connectivity index (χ3v) is 5.32. The van der Waals surface area contributed by atoms with E-state index in [9.17, 15) is 13.2 Å². The van der Waals surface area contributed by atoms with Crippen LogP contribution in [-0.2, 0) is 10.0 Å². The maximum atomic E-state index is 12.5. The number of unbranched alkanes of at least 4 members (excludes halogenated alkanes) is 2. The number of nitrogens with one attached hydrogen (secondary N) is 2. The summed E-state index contributed by atoms with van der Waals surface area (Å²) < 4.78 is 27.5. The lowest BCUT2D eigenvalue weighted by Crippen LogP contribution is -2.25. The van der Waals surface area contributed by atoms with Crippen molar-refractivity contribution in [2.24, 2.45) is 0 Å². The predicted molar refractivity (Wildman–Crippen MR) is 100 cm³/mol. The Morgan fingerprint density at radius 2 is 1.72 bits per heavy atom. The number of benzene rings is 2. The second-order valence-corrected chi connectivity index (χ2v) is 7.54. The van der Waals surface area contributed by atoms with Gasteiger partial charge in [0, 0.05) is 12.1 Å². The summed E-state index contributed by atoms with van der Waals surface area (Å²) in [5.74, 6) is -0.186. The minimum atomic E-state index is -3.68. The lowest BCUT2D eigenvalue weighted by Gasteiger charge is -2.14. The van der Waals surface area contributed by atoms with E-state index in [0.717, 1.165) is 19.3 Å². The van der Waals surface area contributed by atoms with Gasteiger partial charge in [-0.15, -0.1) is 0 Å². The highest BCUT2D eigenvalue weighted by Crippen LogP contribution is 2.22. The van der Waals surface area contributed by atoms with Gasteiger partial charge in [-0.25, -0.2) is 8.42 Å². The van der Waals surface area contributed by atoms with Gasteiger partial charge in [-0.3, -0.25) is 9.52 Å². The van der Waals surface area contributed by atoms with Crippen molar-refractivity contribution in [2.75, 3.05) is 11.3 Å². The maximum absolute atomic E-state index is 12.5. The fourth-order valence-electron chi connectivity index (χ4n) is 2.47. The quantitative estimate of drug-likeness (QED) is 0.705. The van der Waals surface area contributed by atoms with Crippen LogP contribution in [0.5, 0.6) is 0 Å². The van der Waals surface area contributed by atoms with Gasteiger partial charge in [-0.05, 0) is 43.2 Å². The van der Waals surface area contributed by atoms with Crippen molar-refractivity contribution < 1.29 is 13.2 Å². The summed E-state index contributed by atoms with van der Waals surface area (Å²) in [4.78, 5) is 12.5. The van der Waals surface area contributed by atoms with Crippen molar-refractivity contribution in [3.8, 4) is 0 Å². The fourth-order valence-corrected chi connectivity index (χ4v) is 3.61. The van der Waals surface area contributed by atoms with Crippen molar-refractivity contribution in [1.29, 1.82) is 0 Å². The van der Waals surface area contributed by atoms with Crippen molar-refractivity contribution in [2.45, 2.75) is 38.0 Å². The van der Waals surface area contributed by atoms with Crippen LogP contribution in [-0.4, -0.2) is 20.9 Å². The Morgan fingerprint density at radius 1 is 1.00 bits per heavy atom. The molecule has 2 rings (SSSR count). The molecule has 0 bridgehead atoms. The highest BCUT2D eigenvalue weighted by molar-refractivity contribution is 7.92. The smallest absolute Gasteiger partial charge is 0.261 e. The summed E-state index contributed by atoms with van der Waals surface area (Å²) in [6.07, 6.45) is 3.09. The lowest BCUT2D eigenvalue weighted by molar-refractivity contribution is 0.0952. The zero-order valence-corrected chi connectivity index (χ0v) is 15.4. The molecular weight excluding hydrogens is 336 g/mol. The van der Waals surface area contributed by atoms with E-state index in [4.69, 9.17) is 0 Å².